The Morgan fingerprint density at radius 1 is 0.239 bits per heavy atom. The van der Waals surface area contributed by atoms with Crippen LogP contribution in [0.15, 0.2) is 127 Å². The van der Waals surface area contributed by atoms with Gasteiger partial charge in [-0.25, -0.2) is 0 Å². The third-order valence-electron chi connectivity index (χ3n) is 7.74. The minimum Gasteiger partial charge on any atom is -0.166 e. The maximum absolute atomic E-state index is 13.3. The Balaban J connectivity index is 1.27. The highest BCUT2D eigenvalue weighted by Crippen LogP contribution is 2.39. The summed E-state index contributed by atoms with van der Waals surface area (Å²) in [7, 11) is 0. The van der Waals surface area contributed by atoms with E-state index >= 15 is 0 Å². The molecule has 0 saturated heterocycles. The Kier molecular flexibility index (Phi) is 7.66. The molecule has 0 aromatic heterocycles. The Bertz CT molecular complexity index is 1980. The highest BCUT2D eigenvalue weighted by molar-refractivity contribution is 5.91. The summed E-state index contributed by atoms with van der Waals surface area (Å²) in [6.45, 7) is 0. The second-order valence-electron chi connectivity index (χ2n) is 10.8. The molecule has 0 unspecified atom stereocenters. The summed E-state index contributed by atoms with van der Waals surface area (Å²) in [5.41, 5.74) is 1.30. The zero-order chi connectivity index (χ0) is 32.9. The zero-order valence-corrected chi connectivity index (χ0v) is 23.5. The summed E-state index contributed by atoms with van der Waals surface area (Å²) in [4.78, 5) is 0. The molecule has 0 aliphatic heterocycles. The van der Waals surface area contributed by atoms with Crippen molar-refractivity contribution in [2.24, 2.45) is 0 Å². The van der Waals surface area contributed by atoms with Crippen molar-refractivity contribution in [1.29, 1.82) is 0 Å². The molecule has 0 saturated carbocycles. The second-order valence-corrected chi connectivity index (χ2v) is 10.8. The van der Waals surface area contributed by atoms with E-state index in [1.165, 1.54) is 24.3 Å². The first kappa shape index (κ1) is 31.0. The quantitative estimate of drug-likeness (QED) is 0.169. The highest BCUT2D eigenvalue weighted by atomic mass is 19.4. The van der Waals surface area contributed by atoms with Crippen molar-refractivity contribution < 1.29 is 39.5 Å². The lowest BCUT2D eigenvalue weighted by atomic mass is 9.95. The lowest BCUT2D eigenvalue weighted by Crippen LogP contribution is -2.11. The molecular weight excluding hydrogens is 615 g/mol. The first-order valence-corrected chi connectivity index (χ1v) is 13.9. The number of alkyl halides is 9. The molecule has 0 spiro atoms. The van der Waals surface area contributed by atoms with E-state index < -0.39 is 35.2 Å². The van der Waals surface area contributed by atoms with Gasteiger partial charge in [-0.15, -0.1) is 0 Å². The molecule has 0 N–H and O–H groups in total. The number of halogens is 9. The van der Waals surface area contributed by atoms with Crippen molar-refractivity contribution in [2.75, 3.05) is 0 Å². The maximum atomic E-state index is 13.3. The topological polar surface area (TPSA) is 0 Å². The van der Waals surface area contributed by atoms with Crippen molar-refractivity contribution in [3.63, 3.8) is 0 Å². The van der Waals surface area contributed by atoms with Crippen LogP contribution in [-0.2, 0) is 18.5 Å². The van der Waals surface area contributed by atoms with Crippen LogP contribution in [0.1, 0.15) is 16.7 Å². The van der Waals surface area contributed by atoms with Crippen LogP contribution in [0.3, 0.4) is 0 Å². The molecular formula is C37H21F9. The molecule has 0 nitrogen and oxygen atoms in total. The second kappa shape index (κ2) is 11.4. The van der Waals surface area contributed by atoms with Crippen LogP contribution in [-0.4, -0.2) is 0 Å². The molecule has 6 aromatic carbocycles. The largest absolute Gasteiger partial charge is 0.416 e. The predicted molar refractivity (Wildman–Crippen MR) is 161 cm³/mol. The Morgan fingerprint density at radius 3 is 0.913 bits per heavy atom. The average Bonchev–Trinajstić information content (AvgIpc) is 3.03. The van der Waals surface area contributed by atoms with Gasteiger partial charge in [0, 0.05) is 0 Å². The van der Waals surface area contributed by atoms with Crippen molar-refractivity contribution in [1.82, 2.24) is 0 Å². The molecule has 0 amide bonds. The van der Waals surface area contributed by atoms with Crippen LogP contribution in [0.5, 0.6) is 0 Å². The van der Waals surface area contributed by atoms with Gasteiger partial charge in [0.05, 0.1) is 16.7 Å². The molecule has 0 aliphatic rings. The fraction of sp³-hybridized carbons (Fsp3) is 0.0811. The third-order valence-corrected chi connectivity index (χ3v) is 7.74. The van der Waals surface area contributed by atoms with Crippen LogP contribution in [0.25, 0.3) is 55.3 Å². The lowest BCUT2D eigenvalue weighted by Gasteiger charge is -2.14. The molecule has 0 aliphatic carbocycles. The van der Waals surface area contributed by atoms with Gasteiger partial charge in [0.2, 0.25) is 0 Å². The summed E-state index contributed by atoms with van der Waals surface area (Å²) in [5.74, 6) is 0. The number of hydrogen-bond acceptors (Lipinski definition) is 0. The SMILES string of the molecule is FC(F)(F)c1ccc(-c2ccc(-c3ccc4ccc(-c5ccc(-c6cc(C(F)(F)F)cc(C(F)(F)F)c6)cc5)cc4c3)cc2)cc1. The number of benzene rings is 6. The van der Waals surface area contributed by atoms with Gasteiger partial charge in [-0.1, -0.05) is 84.9 Å². The summed E-state index contributed by atoms with van der Waals surface area (Å²) < 4.78 is 119. The van der Waals surface area contributed by atoms with Gasteiger partial charge in [-0.3, -0.25) is 0 Å². The monoisotopic (exact) mass is 636 g/mol. The zero-order valence-electron chi connectivity index (χ0n) is 23.5. The Hall–Kier alpha value is -5.05. The van der Waals surface area contributed by atoms with E-state index in [0.29, 0.717) is 17.7 Å². The van der Waals surface area contributed by atoms with Gasteiger partial charge < -0.3 is 0 Å². The summed E-state index contributed by atoms with van der Waals surface area (Å²) in [6, 6.07) is 31.8. The average molecular weight is 637 g/mol. The molecule has 0 radical (unpaired) electrons. The van der Waals surface area contributed by atoms with Crippen molar-refractivity contribution >= 4 is 10.8 Å². The molecule has 0 bridgehead atoms. The van der Waals surface area contributed by atoms with Gasteiger partial charge in [0.25, 0.3) is 0 Å². The molecule has 46 heavy (non-hydrogen) atoms. The van der Waals surface area contributed by atoms with E-state index in [9.17, 15) is 39.5 Å². The number of hydrogen-bond donors (Lipinski definition) is 0. The van der Waals surface area contributed by atoms with Crippen LogP contribution >= 0.6 is 0 Å². The smallest absolute Gasteiger partial charge is 0.166 e. The normalized spacial score (nSPS) is 12.5. The fourth-order valence-electron chi connectivity index (χ4n) is 5.29. The van der Waals surface area contributed by atoms with Crippen LogP contribution in [0, 0.1) is 0 Å². The van der Waals surface area contributed by atoms with Gasteiger partial charge in [0.15, 0.2) is 0 Å². The molecule has 0 atom stereocenters. The summed E-state index contributed by atoms with van der Waals surface area (Å²) >= 11 is 0. The number of fused-ring (bicyclic) bond motifs is 1. The molecule has 6 aromatic rings. The number of rotatable bonds is 4. The minimum absolute atomic E-state index is 0.106. The highest BCUT2D eigenvalue weighted by Gasteiger charge is 2.37. The van der Waals surface area contributed by atoms with Crippen LogP contribution < -0.4 is 0 Å². The van der Waals surface area contributed by atoms with E-state index in [2.05, 4.69) is 0 Å². The minimum atomic E-state index is -4.94. The van der Waals surface area contributed by atoms with Crippen molar-refractivity contribution in [2.45, 2.75) is 18.5 Å². The summed E-state index contributed by atoms with van der Waals surface area (Å²) in [5, 5.41) is 1.85. The third kappa shape index (κ3) is 6.49. The Morgan fingerprint density at radius 2 is 0.543 bits per heavy atom. The van der Waals surface area contributed by atoms with Crippen LogP contribution in [0.2, 0.25) is 0 Å². The molecule has 9 heteroatoms. The maximum Gasteiger partial charge on any atom is 0.416 e. The van der Waals surface area contributed by atoms with Crippen molar-refractivity contribution in [3.05, 3.63) is 144 Å². The molecule has 0 fully saturated rings. The first-order chi connectivity index (χ1) is 21.6. The van der Waals surface area contributed by atoms with E-state index in [-0.39, 0.29) is 17.2 Å². The van der Waals surface area contributed by atoms with E-state index in [0.717, 1.165) is 50.7 Å². The van der Waals surface area contributed by atoms with Crippen LogP contribution in [0.4, 0.5) is 39.5 Å². The summed E-state index contributed by atoms with van der Waals surface area (Å²) in [6.07, 6.45) is -14.3. The van der Waals surface area contributed by atoms with Gasteiger partial charge in [-0.05, 0) is 97.7 Å². The molecule has 0 heterocycles. The lowest BCUT2D eigenvalue weighted by molar-refractivity contribution is -0.143. The van der Waals surface area contributed by atoms with Gasteiger partial charge in [-0.2, -0.15) is 39.5 Å². The van der Waals surface area contributed by atoms with E-state index in [1.807, 2.05) is 60.7 Å². The van der Waals surface area contributed by atoms with Gasteiger partial charge >= 0.3 is 18.5 Å². The fourth-order valence-corrected chi connectivity index (χ4v) is 5.29. The first-order valence-electron chi connectivity index (χ1n) is 13.9. The van der Waals surface area contributed by atoms with E-state index in [4.69, 9.17) is 0 Å². The van der Waals surface area contributed by atoms with Gasteiger partial charge in [0.1, 0.15) is 0 Å². The molecule has 6 rings (SSSR count). The standard InChI is InChI=1S/C37H21F9/c38-35(39,40)32-15-13-23(14-16-32)22-1-3-24(4-2-22)28-11-9-26-10-12-29(18-30(26)17-28)25-5-7-27(8-6-25)31-19-33(36(41,42)43)21-34(20-31)37(44,45)46/h1-21H. The van der Waals surface area contributed by atoms with E-state index in [1.54, 1.807) is 12.1 Å². The molecule has 232 valence electrons. The Labute approximate surface area is 257 Å². The predicted octanol–water partition coefficient (Wildman–Crippen LogP) is 12.6. The van der Waals surface area contributed by atoms with Crippen molar-refractivity contribution in [3.8, 4) is 44.5 Å².